The van der Waals surface area contributed by atoms with E-state index in [1.165, 1.54) is 0 Å². The van der Waals surface area contributed by atoms with Gasteiger partial charge in [0.1, 0.15) is 12.4 Å². The molecule has 3 N–H and O–H groups in total. The summed E-state index contributed by atoms with van der Waals surface area (Å²) in [6, 6.07) is 8.61. The third kappa shape index (κ3) is 4.00. The van der Waals surface area contributed by atoms with Gasteiger partial charge in [-0.05, 0) is 29.8 Å². The summed E-state index contributed by atoms with van der Waals surface area (Å²) in [5, 5.41) is 8.40. The van der Waals surface area contributed by atoms with Crippen LogP contribution in [0.25, 0.3) is 0 Å². The average molecular weight is 333 g/mol. The van der Waals surface area contributed by atoms with Crippen molar-refractivity contribution in [2.45, 2.75) is 6.61 Å². The third-order valence-electron chi connectivity index (χ3n) is 2.42. The highest BCUT2D eigenvalue weighted by atomic mass is 35.5. The molecule has 2 aromatic rings. The predicted molar refractivity (Wildman–Crippen MR) is 83.3 cm³/mol. The van der Waals surface area contributed by atoms with Crippen molar-refractivity contribution in [2.24, 2.45) is 5.73 Å². The number of pyridine rings is 1. The molecule has 0 fully saturated rings. The first-order valence-corrected chi connectivity index (χ1v) is 6.19. The zero-order valence-corrected chi connectivity index (χ0v) is 12.6. The molecule has 1 aromatic carbocycles. The fourth-order valence-corrected chi connectivity index (χ4v) is 1.81. The van der Waals surface area contributed by atoms with E-state index in [2.05, 4.69) is 4.98 Å². The Morgan fingerprint density at radius 1 is 1.25 bits per heavy atom. The summed E-state index contributed by atoms with van der Waals surface area (Å²) in [4.78, 5) is 4.05. The highest BCUT2D eigenvalue weighted by Crippen LogP contribution is 2.23. The lowest BCUT2D eigenvalue weighted by Crippen LogP contribution is -2.13. The number of amidine groups is 1. The second kappa shape index (κ2) is 7.33. The quantitative estimate of drug-likeness (QED) is 0.663. The molecule has 4 nitrogen and oxygen atoms in total. The first-order chi connectivity index (χ1) is 9.08. The lowest BCUT2D eigenvalue weighted by Gasteiger charge is -2.09. The third-order valence-corrected chi connectivity index (χ3v) is 3.16. The Morgan fingerprint density at radius 2 is 2.00 bits per heavy atom. The van der Waals surface area contributed by atoms with Gasteiger partial charge < -0.3 is 10.5 Å². The fraction of sp³-hybridized carbons (Fsp3) is 0.0769. The molecule has 0 aliphatic rings. The van der Waals surface area contributed by atoms with Gasteiger partial charge >= 0.3 is 0 Å². The number of nitrogen functional groups attached to an aromatic ring is 1. The van der Waals surface area contributed by atoms with Crippen LogP contribution in [0.3, 0.4) is 0 Å². The van der Waals surface area contributed by atoms with E-state index >= 15 is 0 Å². The number of nitrogens with two attached hydrogens (primary N) is 1. The highest BCUT2D eigenvalue weighted by Gasteiger charge is 2.08. The minimum atomic E-state index is -0.0859. The number of aromatic nitrogens is 1. The predicted octanol–water partition coefficient (Wildman–Crippen LogP) is 3.67. The van der Waals surface area contributed by atoms with Crippen LogP contribution in [-0.2, 0) is 6.61 Å². The van der Waals surface area contributed by atoms with Crippen molar-refractivity contribution in [3.05, 3.63) is 57.7 Å². The Kier molecular flexibility index (Phi) is 6.07. The molecule has 0 aliphatic carbocycles. The minimum absolute atomic E-state index is 0. The van der Waals surface area contributed by atoms with Crippen molar-refractivity contribution >= 4 is 41.4 Å². The maximum absolute atomic E-state index is 7.44. The minimum Gasteiger partial charge on any atom is -0.472 e. The normalized spacial score (nSPS) is 9.70. The van der Waals surface area contributed by atoms with Gasteiger partial charge in [0.15, 0.2) is 0 Å². The molecule has 1 heterocycles. The molecule has 0 spiro atoms. The number of ether oxygens (including phenoxy) is 1. The summed E-state index contributed by atoms with van der Waals surface area (Å²) in [7, 11) is 0. The zero-order valence-electron chi connectivity index (χ0n) is 10.3. The molecule has 0 aliphatic heterocycles. The van der Waals surface area contributed by atoms with Crippen LogP contribution in [0.4, 0.5) is 0 Å². The van der Waals surface area contributed by atoms with E-state index in [0.717, 1.165) is 5.56 Å². The summed E-state index contributed by atoms with van der Waals surface area (Å²) in [6.45, 7) is 0.272. The molecule has 2 rings (SSSR count). The maximum atomic E-state index is 7.44. The molecule has 0 bridgehead atoms. The second-order valence-corrected chi connectivity index (χ2v) is 4.62. The number of nitrogens with zero attached hydrogens (tertiary/aromatic N) is 1. The van der Waals surface area contributed by atoms with Gasteiger partial charge in [-0.2, -0.15) is 0 Å². The lowest BCUT2D eigenvalue weighted by atomic mass is 10.2. The Hall–Kier alpha value is -1.49. The maximum Gasteiger partial charge on any atom is 0.224 e. The van der Waals surface area contributed by atoms with Crippen LogP contribution in [0.1, 0.15) is 11.1 Å². The zero-order chi connectivity index (χ0) is 13.8. The number of halogens is 3. The Balaban J connectivity index is 0.00000200. The van der Waals surface area contributed by atoms with Crippen LogP contribution >= 0.6 is 35.6 Å². The van der Waals surface area contributed by atoms with E-state index in [-0.39, 0.29) is 24.8 Å². The van der Waals surface area contributed by atoms with E-state index < -0.39 is 0 Å². The molecule has 0 unspecified atom stereocenters. The van der Waals surface area contributed by atoms with Gasteiger partial charge in [0.05, 0.1) is 15.6 Å². The molecule has 0 radical (unpaired) electrons. The first-order valence-electron chi connectivity index (χ1n) is 5.44. The van der Waals surface area contributed by atoms with Crippen LogP contribution in [-0.4, -0.2) is 10.8 Å². The van der Waals surface area contributed by atoms with Gasteiger partial charge in [0, 0.05) is 6.20 Å². The standard InChI is InChI=1S/C13H11Cl2N3O.ClH/c14-10-4-3-8(6-11(10)15)7-19-13-9(12(16)17)2-1-5-18-13;/h1-6H,7H2,(H3,16,17);1H. The van der Waals surface area contributed by atoms with Gasteiger partial charge in [-0.25, -0.2) is 4.98 Å². The molecule has 1 aromatic heterocycles. The summed E-state index contributed by atoms with van der Waals surface area (Å²) < 4.78 is 5.55. The fourth-order valence-electron chi connectivity index (χ4n) is 1.49. The number of nitrogens with one attached hydrogen (secondary N) is 1. The van der Waals surface area contributed by atoms with Crippen LogP contribution in [0, 0.1) is 5.41 Å². The number of rotatable bonds is 4. The van der Waals surface area contributed by atoms with Crippen LogP contribution < -0.4 is 10.5 Å². The molecule has 106 valence electrons. The van der Waals surface area contributed by atoms with Crippen molar-refractivity contribution < 1.29 is 4.74 Å². The summed E-state index contributed by atoms with van der Waals surface area (Å²) in [5.41, 5.74) is 6.77. The lowest BCUT2D eigenvalue weighted by molar-refractivity contribution is 0.293. The number of hydrogen-bond donors (Lipinski definition) is 2. The molecule has 20 heavy (non-hydrogen) atoms. The molecular weight excluding hydrogens is 321 g/mol. The molecular formula is C13H12Cl3N3O. The van der Waals surface area contributed by atoms with E-state index in [1.807, 2.05) is 6.07 Å². The second-order valence-electron chi connectivity index (χ2n) is 3.81. The van der Waals surface area contributed by atoms with E-state index in [4.69, 9.17) is 39.1 Å². The monoisotopic (exact) mass is 331 g/mol. The van der Waals surface area contributed by atoms with Crippen molar-refractivity contribution in [1.29, 1.82) is 5.41 Å². The van der Waals surface area contributed by atoms with E-state index in [1.54, 1.807) is 30.5 Å². The molecule has 0 atom stereocenters. The van der Waals surface area contributed by atoms with Crippen LogP contribution in [0.5, 0.6) is 5.88 Å². The van der Waals surface area contributed by atoms with Gasteiger partial charge in [0.2, 0.25) is 5.88 Å². The van der Waals surface area contributed by atoms with Gasteiger partial charge in [0.25, 0.3) is 0 Å². The molecule has 0 saturated carbocycles. The topological polar surface area (TPSA) is 72.0 Å². The number of hydrogen-bond acceptors (Lipinski definition) is 3. The van der Waals surface area contributed by atoms with Crippen molar-refractivity contribution in [2.75, 3.05) is 0 Å². The van der Waals surface area contributed by atoms with E-state index in [9.17, 15) is 0 Å². The van der Waals surface area contributed by atoms with Gasteiger partial charge in [-0.1, -0.05) is 29.3 Å². The van der Waals surface area contributed by atoms with Crippen molar-refractivity contribution in [1.82, 2.24) is 4.98 Å². The number of benzene rings is 1. The summed E-state index contributed by atoms with van der Waals surface area (Å²) in [6.07, 6.45) is 1.58. The Morgan fingerprint density at radius 3 is 2.65 bits per heavy atom. The van der Waals surface area contributed by atoms with Gasteiger partial charge in [-0.3, -0.25) is 5.41 Å². The first kappa shape index (κ1) is 16.6. The largest absolute Gasteiger partial charge is 0.472 e. The van der Waals surface area contributed by atoms with Crippen LogP contribution in [0.2, 0.25) is 10.0 Å². The molecule has 0 saturated heterocycles. The summed E-state index contributed by atoms with van der Waals surface area (Å²) >= 11 is 11.8. The Bertz CT molecular complexity index is 620. The molecule has 0 amide bonds. The average Bonchev–Trinajstić information content (AvgIpc) is 2.40. The SMILES string of the molecule is Cl.N=C(N)c1cccnc1OCc1ccc(Cl)c(Cl)c1. The summed E-state index contributed by atoms with van der Waals surface area (Å²) in [5.74, 6) is 0.235. The molecule has 7 heteroatoms. The smallest absolute Gasteiger partial charge is 0.224 e. The Labute approximate surface area is 132 Å². The van der Waals surface area contributed by atoms with Crippen LogP contribution in [0.15, 0.2) is 36.5 Å². The highest BCUT2D eigenvalue weighted by molar-refractivity contribution is 6.42. The van der Waals surface area contributed by atoms with E-state index in [0.29, 0.717) is 21.5 Å². The van der Waals surface area contributed by atoms with Crippen molar-refractivity contribution in [3.63, 3.8) is 0 Å². The van der Waals surface area contributed by atoms with Gasteiger partial charge in [-0.15, -0.1) is 12.4 Å². The van der Waals surface area contributed by atoms with Crippen molar-refractivity contribution in [3.8, 4) is 5.88 Å².